The Morgan fingerprint density at radius 1 is 1.00 bits per heavy atom. The Bertz CT molecular complexity index is 600. The normalized spacial score (nSPS) is 9.76. The van der Waals surface area contributed by atoms with Gasteiger partial charge in [-0.2, -0.15) is 0 Å². The monoisotopic (exact) mass is 284 g/mol. The smallest absolute Gasteiger partial charge is 0.343 e. The molecule has 0 unspecified atom stereocenters. The minimum atomic E-state index is -0.421. The Balaban J connectivity index is 2.00. The first-order valence-electron chi connectivity index (χ1n) is 6.43. The zero-order valence-electron chi connectivity index (χ0n) is 11.7. The summed E-state index contributed by atoms with van der Waals surface area (Å²) < 4.78 is 15.7. The van der Waals surface area contributed by atoms with Gasteiger partial charge in [0.25, 0.3) is 0 Å². The number of hydrogen-bond donors (Lipinski definition) is 0. The highest BCUT2D eigenvalue weighted by Crippen LogP contribution is 2.19. The molecule has 0 aliphatic heterocycles. The molecule has 0 saturated carbocycles. The third kappa shape index (κ3) is 4.11. The van der Waals surface area contributed by atoms with E-state index in [1.54, 1.807) is 61.7 Å². The Morgan fingerprint density at radius 3 is 2.14 bits per heavy atom. The molecule has 4 heteroatoms. The van der Waals surface area contributed by atoms with Crippen molar-refractivity contribution in [2.75, 3.05) is 13.7 Å². The summed E-state index contributed by atoms with van der Waals surface area (Å²) in [5, 5.41) is 0. The van der Waals surface area contributed by atoms with E-state index in [2.05, 4.69) is 6.58 Å². The van der Waals surface area contributed by atoms with Gasteiger partial charge in [0.15, 0.2) is 0 Å². The second-order valence-electron chi connectivity index (χ2n) is 4.19. The SMILES string of the molecule is C=CCOc1ccc(C(=O)Oc2ccc(OC)cc2)cc1. The van der Waals surface area contributed by atoms with E-state index < -0.39 is 5.97 Å². The molecule has 2 aromatic carbocycles. The molecule has 0 N–H and O–H groups in total. The van der Waals surface area contributed by atoms with Gasteiger partial charge in [0.2, 0.25) is 0 Å². The summed E-state index contributed by atoms with van der Waals surface area (Å²) >= 11 is 0. The third-order valence-corrected chi connectivity index (χ3v) is 2.73. The van der Waals surface area contributed by atoms with Crippen molar-refractivity contribution >= 4 is 5.97 Å². The molecule has 0 aromatic heterocycles. The molecule has 21 heavy (non-hydrogen) atoms. The van der Waals surface area contributed by atoms with Crippen LogP contribution in [0.5, 0.6) is 17.2 Å². The summed E-state index contributed by atoms with van der Waals surface area (Å²) in [6.45, 7) is 4.00. The Labute approximate surface area is 123 Å². The van der Waals surface area contributed by atoms with Gasteiger partial charge < -0.3 is 14.2 Å². The zero-order valence-corrected chi connectivity index (χ0v) is 11.7. The fourth-order valence-electron chi connectivity index (χ4n) is 1.65. The van der Waals surface area contributed by atoms with Gasteiger partial charge in [0, 0.05) is 0 Å². The number of ether oxygens (including phenoxy) is 3. The van der Waals surface area contributed by atoms with Crippen molar-refractivity contribution in [2.24, 2.45) is 0 Å². The standard InChI is InChI=1S/C17H16O4/c1-3-12-20-15-6-4-13(5-7-15)17(18)21-16-10-8-14(19-2)9-11-16/h3-11H,1,12H2,2H3. The molecule has 0 radical (unpaired) electrons. The first kappa shape index (κ1) is 14.7. The molecule has 4 nitrogen and oxygen atoms in total. The van der Waals surface area contributed by atoms with Crippen LogP contribution in [0.2, 0.25) is 0 Å². The van der Waals surface area contributed by atoms with E-state index in [0.29, 0.717) is 29.4 Å². The molecule has 0 aliphatic rings. The maximum Gasteiger partial charge on any atom is 0.343 e. The van der Waals surface area contributed by atoms with Gasteiger partial charge in [-0.25, -0.2) is 4.79 Å². The molecule has 0 aliphatic carbocycles. The molecule has 2 rings (SSSR count). The first-order chi connectivity index (χ1) is 10.2. The first-order valence-corrected chi connectivity index (χ1v) is 6.43. The van der Waals surface area contributed by atoms with Crippen LogP contribution >= 0.6 is 0 Å². The number of benzene rings is 2. The van der Waals surface area contributed by atoms with Crippen LogP contribution < -0.4 is 14.2 Å². The van der Waals surface area contributed by atoms with Gasteiger partial charge in [-0.3, -0.25) is 0 Å². The highest BCUT2D eigenvalue weighted by atomic mass is 16.5. The van der Waals surface area contributed by atoms with Gasteiger partial charge in [-0.05, 0) is 48.5 Å². The van der Waals surface area contributed by atoms with Crippen molar-refractivity contribution in [1.29, 1.82) is 0 Å². The summed E-state index contributed by atoms with van der Waals surface area (Å²) in [4.78, 5) is 12.0. The fourth-order valence-corrected chi connectivity index (χ4v) is 1.65. The molecule has 108 valence electrons. The van der Waals surface area contributed by atoms with Crippen molar-refractivity contribution in [3.05, 3.63) is 66.7 Å². The fraction of sp³-hybridized carbons (Fsp3) is 0.118. The lowest BCUT2D eigenvalue weighted by Gasteiger charge is -2.06. The van der Waals surface area contributed by atoms with Gasteiger partial charge in [0.05, 0.1) is 12.7 Å². The number of hydrogen-bond acceptors (Lipinski definition) is 4. The van der Waals surface area contributed by atoms with Gasteiger partial charge in [-0.1, -0.05) is 12.7 Å². The summed E-state index contributed by atoms with van der Waals surface area (Å²) in [5.41, 5.74) is 0.455. The maximum absolute atomic E-state index is 12.0. The number of rotatable bonds is 6. The molecule has 0 bridgehead atoms. The van der Waals surface area contributed by atoms with E-state index in [9.17, 15) is 4.79 Å². The van der Waals surface area contributed by atoms with E-state index in [1.807, 2.05) is 0 Å². The second-order valence-corrected chi connectivity index (χ2v) is 4.19. The second kappa shape index (κ2) is 7.14. The van der Waals surface area contributed by atoms with Crippen molar-refractivity contribution in [2.45, 2.75) is 0 Å². The van der Waals surface area contributed by atoms with Crippen LogP contribution in [0, 0.1) is 0 Å². The van der Waals surface area contributed by atoms with Crippen molar-refractivity contribution in [1.82, 2.24) is 0 Å². The highest BCUT2D eigenvalue weighted by Gasteiger charge is 2.08. The average molecular weight is 284 g/mol. The molecule has 0 spiro atoms. The minimum absolute atomic E-state index is 0.421. The van der Waals surface area contributed by atoms with Crippen LogP contribution in [0.25, 0.3) is 0 Å². The quantitative estimate of drug-likeness (QED) is 0.463. The van der Waals surface area contributed by atoms with Crippen LogP contribution in [0.4, 0.5) is 0 Å². The molecule has 0 amide bonds. The number of methoxy groups -OCH3 is 1. The van der Waals surface area contributed by atoms with E-state index >= 15 is 0 Å². The van der Waals surface area contributed by atoms with Crippen molar-refractivity contribution in [3.8, 4) is 17.2 Å². The molecule has 0 atom stereocenters. The Kier molecular flexibility index (Phi) is 4.99. The molecule has 0 fully saturated rings. The molecule has 2 aromatic rings. The molecular formula is C17H16O4. The summed E-state index contributed by atoms with van der Waals surface area (Å²) in [7, 11) is 1.58. The minimum Gasteiger partial charge on any atom is -0.497 e. The van der Waals surface area contributed by atoms with Crippen LogP contribution in [0.3, 0.4) is 0 Å². The van der Waals surface area contributed by atoms with Crippen LogP contribution in [0.15, 0.2) is 61.2 Å². The van der Waals surface area contributed by atoms with Crippen molar-refractivity contribution in [3.63, 3.8) is 0 Å². The van der Waals surface area contributed by atoms with E-state index in [4.69, 9.17) is 14.2 Å². The molecule has 0 heterocycles. The van der Waals surface area contributed by atoms with E-state index in [-0.39, 0.29) is 0 Å². The Hall–Kier alpha value is -2.75. The van der Waals surface area contributed by atoms with Crippen molar-refractivity contribution < 1.29 is 19.0 Å². The average Bonchev–Trinajstić information content (AvgIpc) is 2.54. The third-order valence-electron chi connectivity index (χ3n) is 2.73. The van der Waals surface area contributed by atoms with Gasteiger partial charge in [0.1, 0.15) is 23.9 Å². The highest BCUT2D eigenvalue weighted by molar-refractivity contribution is 5.91. The number of carbonyl (C=O) groups excluding carboxylic acids is 1. The molecular weight excluding hydrogens is 268 g/mol. The predicted octanol–water partition coefficient (Wildman–Crippen LogP) is 3.48. The van der Waals surface area contributed by atoms with Crippen LogP contribution in [0.1, 0.15) is 10.4 Å². The predicted molar refractivity (Wildman–Crippen MR) is 80.1 cm³/mol. The van der Waals surface area contributed by atoms with Gasteiger partial charge in [-0.15, -0.1) is 0 Å². The van der Waals surface area contributed by atoms with Crippen LogP contribution in [-0.2, 0) is 0 Å². The zero-order chi connectivity index (χ0) is 15.1. The number of esters is 1. The topological polar surface area (TPSA) is 44.8 Å². The lowest BCUT2D eigenvalue weighted by atomic mass is 10.2. The largest absolute Gasteiger partial charge is 0.497 e. The Morgan fingerprint density at radius 2 is 1.57 bits per heavy atom. The summed E-state index contributed by atoms with van der Waals surface area (Å²) in [5.74, 6) is 1.43. The molecule has 0 saturated heterocycles. The summed E-state index contributed by atoms with van der Waals surface area (Å²) in [6.07, 6.45) is 1.66. The lowest BCUT2D eigenvalue weighted by molar-refractivity contribution is 0.0734. The number of carbonyl (C=O) groups is 1. The van der Waals surface area contributed by atoms with Crippen LogP contribution in [-0.4, -0.2) is 19.7 Å². The maximum atomic E-state index is 12.0. The van der Waals surface area contributed by atoms with E-state index in [1.165, 1.54) is 0 Å². The van der Waals surface area contributed by atoms with E-state index in [0.717, 1.165) is 0 Å². The van der Waals surface area contributed by atoms with Gasteiger partial charge >= 0.3 is 5.97 Å². The lowest BCUT2D eigenvalue weighted by Crippen LogP contribution is -2.08. The summed E-state index contributed by atoms with van der Waals surface area (Å²) in [6, 6.07) is 13.6.